The number of rotatable bonds is 6. The second-order valence-corrected chi connectivity index (χ2v) is 8.17. The van der Waals surface area contributed by atoms with Crippen LogP contribution in [0.15, 0.2) is 23.2 Å². The molecule has 2 unspecified atom stereocenters. The van der Waals surface area contributed by atoms with Crippen molar-refractivity contribution >= 4 is 29.9 Å². The van der Waals surface area contributed by atoms with Crippen molar-refractivity contribution in [3.05, 3.63) is 23.8 Å². The molecule has 2 aliphatic heterocycles. The molecule has 0 radical (unpaired) electrons. The number of halogens is 1. The lowest BCUT2D eigenvalue weighted by atomic mass is 9.98. The molecule has 30 heavy (non-hydrogen) atoms. The third-order valence-electron chi connectivity index (χ3n) is 6.10. The number of hydrogen-bond donors (Lipinski definition) is 1. The summed E-state index contributed by atoms with van der Waals surface area (Å²) in [6.45, 7) is 9.14. The van der Waals surface area contributed by atoms with Crippen molar-refractivity contribution in [3.63, 3.8) is 0 Å². The molecule has 170 valence electrons. The molecular formula is C22H38IN5O2. The zero-order chi connectivity index (χ0) is 20.8. The van der Waals surface area contributed by atoms with Crippen LogP contribution in [0.4, 0.5) is 0 Å². The Hall–Kier alpha value is -1.26. The first-order valence-corrected chi connectivity index (χ1v) is 10.7. The first kappa shape index (κ1) is 25.0. The van der Waals surface area contributed by atoms with Crippen LogP contribution < -0.4 is 14.8 Å². The molecular weight excluding hydrogens is 493 g/mol. The van der Waals surface area contributed by atoms with Gasteiger partial charge in [0.15, 0.2) is 5.96 Å². The SMILES string of the molecule is CCNC(=NCC1CN(C)CCN1C)N1CCC(c2cc(OC)cc(OC)c2)C1.I. The molecule has 1 aromatic rings. The molecule has 0 spiro atoms. The minimum absolute atomic E-state index is 0. The summed E-state index contributed by atoms with van der Waals surface area (Å²) in [4.78, 5) is 12.2. The molecule has 2 atom stereocenters. The lowest BCUT2D eigenvalue weighted by molar-refractivity contribution is 0.119. The van der Waals surface area contributed by atoms with Crippen LogP contribution in [-0.2, 0) is 0 Å². The lowest BCUT2D eigenvalue weighted by Gasteiger charge is -2.37. The molecule has 2 saturated heterocycles. The number of hydrogen-bond acceptors (Lipinski definition) is 5. The summed E-state index contributed by atoms with van der Waals surface area (Å²) in [5.74, 6) is 3.18. The fraction of sp³-hybridized carbons (Fsp3) is 0.682. The third kappa shape index (κ3) is 6.37. The van der Waals surface area contributed by atoms with Crippen molar-refractivity contribution in [2.24, 2.45) is 4.99 Å². The molecule has 0 aliphatic carbocycles. The molecule has 7 nitrogen and oxygen atoms in total. The highest BCUT2D eigenvalue weighted by atomic mass is 127. The van der Waals surface area contributed by atoms with Gasteiger partial charge in [0.25, 0.3) is 0 Å². The lowest BCUT2D eigenvalue weighted by Crippen LogP contribution is -2.51. The maximum atomic E-state index is 5.46. The second-order valence-electron chi connectivity index (χ2n) is 8.17. The van der Waals surface area contributed by atoms with E-state index in [1.165, 1.54) is 5.56 Å². The Kier molecular flexibility index (Phi) is 9.96. The number of nitrogens with zero attached hydrogens (tertiary/aromatic N) is 4. The number of piperazine rings is 1. The van der Waals surface area contributed by atoms with Crippen LogP contribution in [0, 0.1) is 0 Å². The summed E-state index contributed by atoms with van der Waals surface area (Å²) in [6.07, 6.45) is 1.10. The van der Waals surface area contributed by atoms with Gasteiger partial charge >= 0.3 is 0 Å². The number of likely N-dealkylation sites (tertiary alicyclic amines) is 1. The van der Waals surface area contributed by atoms with Crippen molar-refractivity contribution in [1.29, 1.82) is 0 Å². The highest BCUT2D eigenvalue weighted by Gasteiger charge is 2.28. The summed E-state index contributed by atoms with van der Waals surface area (Å²) in [5, 5.41) is 3.50. The first-order chi connectivity index (χ1) is 14.0. The quantitative estimate of drug-likeness (QED) is 0.346. The molecule has 0 aromatic heterocycles. The number of aliphatic imine (C=N–C) groups is 1. The number of nitrogens with one attached hydrogen (secondary N) is 1. The Morgan fingerprint density at radius 1 is 1.07 bits per heavy atom. The molecule has 0 amide bonds. The van der Waals surface area contributed by atoms with Gasteiger partial charge in [0.1, 0.15) is 11.5 Å². The van der Waals surface area contributed by atoms with Crippen LogP contribution >= 0.6 is 24.0 Å². The van der Waals surface area contributed by atoms with Gasteiger partial charge in [0.05, 0.1) is 20.8 Å². The van der Waals surface area contributed by atoms with Crippen molar-refractivity contribution in [2.45, 2.75) is 25.3 Å². The average molecular weight is 531 g/mol. The highest BCUT2D eigenvalue weighted by Crippen LogP contribution is 2.32. The van der Waals surface area contributed by atoms with Gasteiger partial charge in [-0.05, 0) is 45.1 Å². The minimum atomic E-state index is 0. The van der Waals surface area contributed by atoms with E-state index in [2.05, 4.69) is 53.2 Å². The van der Waals surface area contributed by atoms with E-state index >= 15 is 0 Å². The van der Waals surface area contributed by atoms with E-state index in [0.717, 1.165) is 69.7 Å². The van der Waals surface area contributed by atoms with Crippen molar-refractivity contribution in [1.82, 2.24) is 20.0 Å². The molecule has 8 heteroatoms. The molecule has 2 fully saturated rings. The predicted octanol–water partition coefficient (Wildman–Crippen LogP) is 2.32. The maximum Gasteiger partial charge on any atom is 0.193 e. The van der Waals surface area contributed by atoms with E-state index in [9.17, 15) is 0 Å². The first-order valence-electron chi connectivity index (χ1n) is 10.7. The van der Waals surface area contributed by atoms with E-state index < -0.39 is 0 Å². The monoisotopic (exact) mass is 531 g/mol. The number of guanidine groups is 1. The molecule has 3 rings (SSSR count). The summed E-state index contributed by atoms with van der Waals surface area (Å²) in [5.41, 5.74) is 1.27. The van der Waals surface area contributed by atoms with Crippen LogP contribution in [0.3, 0.4) is 0 Å². The summed E-state index contributed by atoms with van der Waals surface area (Å²) < 4.78 is 10.9. The minimum Gasteiger partial charge on any atom is -0.497 e. The molecule has 1 aromatic carbocycles. The Morgan fingerprint density at radius 2 is 1.77 bits per heavy atom. The number of methoxy groups -OCH3 is 2. The van der Waals surface area contributed by atoms with Gasteiger partial charge in [0.2, 0.25) is 0 Å². The largest absolute Gasteiger partial charge is 0.497 e. The van der Waals surface area contributed by atoms with E-state index in [0.29, 0.717) is 12.0 Å². The van der Waals surface area contributed by atoms with Gasteiger partial charge in [-0.3, -0.25) is 9.89 Å². The van der Waals surface area contributed by atoms with Crippen LogP contribution in [0.1, 0.15) is 24.8 Å². The number of ether oxygens (including phenoxy) is 2. The predicted molar refractivity (Wildman–Crippen MR) is 134 cm³/mol. The number of likely N-dealkylation sites (N-methyl/N-ethyl adjacent to an activating group) is 2. The molecule has 2 heterocycles. The Morgan fingerprint density at radius 3 is 2.40 bits per heavy atom. The summed E-state index contributed by atoms with van der Waals surface area (Å²) in [6, 6.07) is 6.67. The van der Waals surface area contributed by atoms with E-state index in [1.807, 2.05) is 6.07 Å². The van der Waals surface area contributed by atoms with Crippen LogP contribution in [0.5, 0.6) is 11.5 Å². The molecule has 0 bridgehead atoms. The standard InChI is InChI=1S/C22H37N5O2.HI/c1-6-23-22(24-14-19-16-25(2)9-10-26(19)3)27-8-7-17(15-27)18-11-20(28-4)13-21(12-18)29-5;/h11-13,17,19H,6-10,14-16H2,1-5H3,(H,23,24);1H. The van der Waals surface area contributed by atoms with E-state index in [1.54, 1.807) is 14.2 Å². The van der Waals surface area contributed by atoms with Crippen LogP contribution in [0.2, 0.25) is 0 Å². The zero-order valence-corrected chi connectivity index (χ0v) is 21.4. The normalized spacial score (nSPS) is 23.2. The van der Waals surface area contributed by atoms with E-state index in [-0.39, 0.29) is 24.0 Å². The second kappa shape index (κ2) is 12.0. The molecule has 1 N–H and O–H groups in total. The summed E-state index contributed by atoms with van der Waals surface area (Å²) in [7, 11) is 7.81. The van der Waals surface area contributed by atoms with Crippen molar-refractivity contribution in [2.75, 3.05) is 74.1 Å². The summed E-state index contributed by atoms with van der Waals surface area (Å²) >= 11 is 0. The smallest absolute Gasteiger partial charge is 0.193 e. The molecule has 2 aliphatic rings. The van der Waals surface area contributed by atoms with Crippen LogP contribution in [0.25, 0.3) is 0 Å². The van der Waals surface area contributed by atoms with Crippen molar-refractivity contribution in [3.8, 4) is 11.5 Å². The van der Waals surface area contributed by atoms with Crippen LogP contribution in [-0.4, -0.2) is 101 Å². The van der Waals surface area contributed by atoms with Gasteiger partial charge in [0, 0.05) is 57.3 Å². The van der Waals surface area contributed by atoms with Gasteiger partial charge in [-0.25, -0.2) is 0 Å². The van der Waals surface area contributed by atoms with Crippen molar-refractivity contribution < 1.29 is 9.47 Å². The van der Waals surface area contributed by atoms with E-state index in [4.69, 9.17) is 14.5 Å². The fourth-order valence-corrected chi connectivity index (χ4v) is 4.21. The fourth-order valence-electron chi connectivity index (χ4n) is 4.21. The highest BCUT2D eigenvalue weighted by molar-refractivity contribution is 14.0. The average Bonchev–Trinajstić information content (AvgIpc) is 3.23. The van der Waals surface area contributed by atoms with Gasteiger partial charge in [-0.2, -0.15) is 0 Å². The third-order valence-corrected chi connectivity index (χ3v) is 6.10. The zero-order valence-electron chi connectivity index (χ0n) is 19.1. The van der Waals surface area contributed by atoms with Gasteiger partial charge < -0.3 is 24.6 Å². The number of benzene rings is 1. The Bertz CT molecular complexity index is 680. The molecule has 0 saturated carbocycles. The van der Waals surface area contributed by atoms with Gasteiger partial charge in [-0.1, -0.05) is 0 Å². The maximum absolute atomic E-state index is 5.46. The Labute approximate surface area is 198 Å². The topological polar surface area (TPSA) is 52.6 Å². The van der Waals surface area contributed by atoms with Gasteiger partial charge in [-0.15, -0.1) is 24.0 Å². The Balaban J connectivity index is 0.00000320.